The predicted octanol–water partition coefficient (Wildman–Crippen LogP) is 0.0688. The number of aromatic nitrogens is 4. The van der Waals surface area contributed by atoms with Crippen LogP contribution in [0.1, 0.15) is 24.0 Å². The number of phenolic OH excluding ortho intramolecular Hbond substituents is 1. The number of ether oxygens (including phenoxy) is 2. The number of phenols is 1. The fraction of sp³-hybridized carbons (Fsp3) is 0.360. The zero-order chi connectivity index (χ0) is 26.2. The van der Waals surface area contributed by atoms with E-state index in [0.29, 0.717) is 16.8 Å². The standard InChI is InChI=1S/C25H26N4O8/c1-10-12-6-14(18(7-17(12)31)36-24-22(34)21(33)20(32)19(9-30)37-24)23-26-27-25(35)29(23)11-3-4-16-13(5-11)15(10)8-28(16)2/h3-8,10,19-22,24,30-34H,9H2,1-2H3,(H,27,35)/t10?,19-,20+,21+,22-,24-/m1/s1. The van der Waals surface area contributed by atoms with E-state index in [1.807, 2.05) is 36.9 Å². The van der Waals surface area contributed by atoms with Gasteiger partial charge in [-0.25, -0.2) is 14.5 Å². The lowest BCUT2D eigenvalue weighted by molar-refractivity contribution is -0.277. The van der Waals surface area contributed by atoms with E-state index in [0.717, 1.165) is 16.5 Å². The van der Waals surface area contributed by atoms with E-state index >= 15 is 0 Å². The van der Waals surface area contributed by atoms with E-state index in [2.05, 4.69) is 10.2 Å². The lowest BCUT2D eigenvalue weighted by Gasteiger charge is -2.39. The number of aromatic hydroxyl groups is 1. The molecule has 2 aromatic heterocycles. The van der Waals surface area contributed by atoms with Gasteiger partial charge in [-0.3, -0.25) is 0 Å². The number of benzene rings is 2. The topological polar surface area (TPSA) is 175 Å². The maximum atomic E-state index is 12.9. The van der Waals surface area contributed by atoms with Crippen molar-refractivity contribution in [3.05, 3.63) is 58.1 Å². The van der Waals surface area contributed by atoms with Crippen LogP contribution in [0.2, 0.25) is 0 Å². The highest BCUT2D eigenvalue weighted by atomic mass is 16.7. The Hall–Kier alpha value is -3.68. The van der Waals surface area contributed by atoms with Crippen LogP contribution in [0, 0.1) is 0 Å². The van der Waals surface area contributed by atoms with Gasteiger partial charge >= 0.3 is 5.69 Å². The number of rotatable bonds is 3. The van der Waals surface area contributed by atoms with Crippen LogP contribution >= 0.6 is 0 Å². The Labute approximate surface area is 209 Å². The molecule has 0 aliphatic carbocycles. The lowest BCUT2D eigenvalue weighted by atomic mass is 9.90. The molecule has 4 bridgehead atoms. The van der Waals surface area contributed by atoms with Gasteiger partial charge in [-0.05, 0) is 29.8 Å². The third-order valence-electron chi connectivity index (χ3n) is 7.33. The van der Waals surface area contributed by atoms with Crippen LogP contribution in [-0.4, -0.2) is 82.2 Å². The van der Waals surface area contributed by atoms with Crippen LogP contribution in [0.3, 0.4) is 0 Å². The van der Waals surface area contributed by atoms with Crippen LogP contribution in [-0.2, 0) is 11.8 Å². The third-order valence-corrected chi connectivity index (χ3v) is 7.33. The average molecular weight is 511 g/mol. The van der Waals surface area contributed by atoms with Crippen molar-refractivity contribution in [2.75, 3.05) is 6.61 Å². The van der Waals surface area contributed by atoms with Crippen molar-refractivity contribution < 1.29 is 35.0 Å². The van der Waals surface area contributed by atoms with Crippen molar-refractivity contribution in [2.24, 2.45) is 7.05 Å². The molecular weight excluding hydrogens is 484 g/mol. The van der Waals surface area contributed by atoms with E-state index < -0.39 is 43.0 Å². The van der Waals surface area contributed by atoms with Crippen LogP contribution < -0.4 is 10.4 Å². The van der Waals surface area contributed by atoms with Crippen molar-refractivity contribution in [1.82, 2.24) is 19.3 Å². The number of hydrogen-bond acceptors (Lipinski definition) is 9. The molecular formula is C25H26N4O8. The smallest absolute Gasteiger partial charge is 0.348 e. The second-order valence-electron chi connectivity index (χ2n) is 9.53. The minimum atomic E-state index is -1.67. The van der Waals surface area contributed by atoms with Gasteiger partial charge in [0.1, 0.15) is 35.9 Å². The zero-order valence-corrected chi connectivity index (χ0v) is 19.9. The number of fused-ring (bicyclic) bond motifs is 6. The summed E-state index contributed by atoms with van der Waals surface area (Å²) in [7, 11) is 1.93. The van der Waals surface area contributed by atoms with Crippen LogP contribution in [0.25, 0.3) is 28.0 Å². The minimum absolute atomic E-state index is 0.00738. The molecule has 0 amide bonds. The van der Waals surface area contributed by atoms with E-state index in [9.17, 15) is 30.3 Å². The van der Waals surface area contributed by atoms with Gasteiger partial charge in [0.25, 0.3) is 0 Å². The average Bonchev–Trinajstić information content (AvgIpc) is 3.43. The molecule has 194 valence electrons. The number of hydrogen-bond donors (Lipinski definition) is 6. The summed E-state index contributed by atoms with van der Waals surface area (Å²) < 4.78 is 14.8. The predicted molar refractivity (Wildman–Crippen MR) is 130 cm³/mol. The Balaban J connectivity index is 1.55. The molecule has 4 aromatic rings. The van der Waals surface area contributed by atoms with Crippen molar-refractivity contribution in [2.45, 2.75) is 43.5 Å². The maximum Gasteiger partial charge on any atom is 0.348 e. The van der Waals surface area contributed by atoms with Gasteiger partial charge < -0.3 is 39.6 Å². The zero-order valence-electron chi connectivity index (χ0n) is 19.9. The summed E-state index contributed by atoms with van der Waals surface area (Å²) in [4.78, 5) is 12.9. The first-order valence-corrected chi connectivity index (χ1v) is 11.8. The second kappa shape index (κ2) is 8.43. The van der Waals surface area contributed by atoms with E-state index in [1.165, 1.54) is 10.6 Å². The second-order valence-corrected chi connectivity index (χ2v) is 9.53. The molecule has 0 radical (unpaired) electrons. The Morgan fingerprint density at radius 2 is 1.89 bits per heavy atom. The number of aliphatic hydroxyl groups excluding tert-OH is 4. The molecule has 12 nitrogen and oxygen atoms in total. The number of aromatic amines is 1. The number of aliphatic hydroxyl groups is 4. The number of nitrogens with zero attached hydrogens (tertiary/aromatic N) is 3. The summed E-state index contributed by atoms with van der Waals surface area (Å²) in [6, 6.07) is 8.60. The number of aryl methyl sites for hydroxylation is 1. The van der Waals surface area contributed by atoms with Crippen molar-refractivity contribution in [3.8, 4) is 28.6 Å². The molecule has 2 aliphatic heterocycles. The van der Waals surface area contributed by atoms with Crippen molar-refractivity contribution >= 4 is 10.9 Å². The highest BCUT2D eigenvalue weighted by molar-refractivity contribution is 5.88. The highest BCUT2D eigenvalue weighted by Gasteiger charge is 2.45. The van der Waals surface area contributed by atoms with E-state index in [4.69, 9.17) is 9.47 Å². The van der Waals surface area contributed by atoms with E-state index in [1.54, 1.807) is 12.1 Å². The molecule has 0 spiro atoms. The molecule has 4 heterocycles. The summed E-state index contributed by atoms with van der Waals surface area (Å²) in [6.07, 6.45) is -5.57. The van der Waals surface area contributed by atoms with Gasteiger partial charge in [0.2, 0.25) is 6.29 Å². The summed E-state index contributed by atoms with van der Waals surface area (Å²) in [5.74, 6) is -0.157. The molecule has 1 unspecified atom stereocenters. The Kier molecular flexibility index (Phi) is 5.40. The third kappa shape index (κ3) is 3.49. The molecule has 37 heavy (non-hydrogen) atoms. The summed E-state index contributed by atoms with van der Waals surface area (Å²) in [5.41, 5.74) is 2.85. The fourth-order valence-electron chi connectivity index (χ4n) is 5.27. The molecule has 1 saturated heterocycles. The van der Waals surface area contributed by atoms with Crippen molar-refractivity contribution in [3.63, 3.8) is 0 Å². The maximum absolute atomic E-state index is 12.9. The quantitative estimate of drug-likeness (QED) is 0.223. The summed E-state index contributed by atoms with van der Waals surface area (Å²) in [6.45, 7) is 1.33. The van der Waals surface area contributed by atoms with Gasteiger partial charge in [-0.2, -0.15) is 5.10 Å². The first-order chi connectivity index (χ1) is 17.7. The molecule has 1 fully saturated rings. The monoisotopic (exact) mass is 510 g/mol. The lowest BCUT2D eigenvalue weighted by Crippen LogP contribution is -2.60. The van der Waals surface area contributed by atoms with Gasteiger partial charge in [0, 0.05) is 41.7 Å². The van der Waals surface area contributed by atoms with Crippen LogP contribution in [0.4, 0.5) is 0 Å². The van der Waals surface area contributed by atoms with Gasteiger partial charge in [0.15, 0.2) is 5.82 Å². The largest absolute Gasteiger partial charge is 0.508 e. The highest BCUT2D eigenvalue weighted by Crippen LogP contribution is 2.44. The summed E-state index contributed by atoms with van der Waals surface area (Å²) >= 11 is 0. The molecule has 0 saturated carbocycles. The van der Waals surface area contributed by atoms with Gasteiger partial charge in [-0.15, -0.1) is 0 Å². The van der Waals surface area contributed by atoms with Gasteiger partial charge in [-0.1, -0.05) is 6.92 Å². The minimum Gasteiger partial charge on any atom is -0.508 e. The molecule has 6 rings (SSSR count). The Bertz CT molecular complexity index is 1570. The number of nitrogens with one attached hydrogen (secondary N) is 1. The fourth-order valence-corrected chi connectivity index (χ4v) is 5.27. The Morgan fingerprint density at radius 1 is 1.11 bits per heavy atom. The molecule has 2 aliphatic rings. The molecule has 12 heteroatoms. The number of H-pyrrole nitrogens is 1. The van der Waals surface area contributed by atoms with Gasteiger partial charge in [0.05, 0.1) is 17.9 Å². The summed E-state index contributed by atoms with van der Waals surface area (Å²) in [5, 5.41) is 59.0. The van der Waals surface area contributed by atoms with Crippen LogP contribution in [0.15, 0.2) is 41.3 Å². The SMILES string of the molecule is CC1c2cc(c(O[C@@H]3O[C@H](CO)[C@H](O)[C@H](O)[C@H]3O)cc2O)-c2n[nH]c(=O)n2-c2ccc3c(c2)c1cn3C. The molecule has 6 atom stereocenters. The molecule has 6 N–H and O–H groups in total. The van der Waals surface area contributed by atoms with E-state index in [-0.39, 0.29) is 23.2 Å². The normalized spacial score (nSPS) is 26.9. The molecule has 2 aromatic carbocycles. The Morgan fingerprint density at radius 3 is 2.65 bits per heavy atom. The van der Waals surface area contributed by atoms with Crippen LogP contribution in [0.5, 0.6) is 11.5 Å². The first-order valence-electron chi connectivity index (χ1n) is 11.8. The van der Waals surface area contributed by atoms with Crippen molar-refractivity contribution in [1.29, 1.82) is 0 Å². The first kappa shape index (κ1) is 23.7.